The SMILES string of the molecule is COCCN1CCC(CNS(=O)(=O)c2c(C)cc(C)c3nonc23)C1. The third-order valence-electron chi connectivity index (χ3n) is 4.68. The summed E-state index contributed by atoms with van der Waals surface area (Å²) in [5, 5.41) is 7.62. The zero-order valence-electron chi connectivity index (χ0n) is 14.8. The Balaban J connectivity index is 1.72. The number of hydrogen-bond donors (Lipinski definition) is 1. The van der Waals surface area contributed by atoms with Gasteiger partial charge in [-0.25, -0.2) is 17.8 Å². The highest BCUT2D eigenvalue weighted by Crippen LogP contribution is 2.27. The van der Waals surface area contributed by atoms with Crippen LogP contribution in [0.2, 0.25) is 0 Å². The topological polar surface area (TPSA) is 97.6 Å². The van der Waals surface area contributed by atoms with E-state index >= 15 is 0 Å². The number of methoxy groups -OCH3 is 1. The van der Waals surface area contributed by atoms with Gasteiger partial charge in [0, 0.05) is 26.7 Å². The normalized spacial score (nSPS) is 19.1. The number of benzene rings is 1. The van der Waals surface area contributed by atoms with Crippen LogP contribution in [0.15, 0.2) is 15.6 Å². The molecule has 0 spiro atoms. The van der Waals surface area contributed by atoms with E-state index in [9.17, 15) is 8.42 Å². The van der Waals surface area contributed by atoms with Crippen molar-refractivity contribution in [2.24, 2.45) is 5.92 Å². The number of aryl methyl sites for hydroxylation is 2. The highest BCUT2D eigenvalue weighted by atomic mass is 32.2. The number of likely N-dealkylation sites (tertiary alicyclic amines) is 1. The molecule has 1 aliphatic rings. The first-order valence-corrected chi connectivity index (χ1v) is 9.84. The van der Waals surface area contributed by atoms with Crippen LogP contribution in [0.5, 0.6) is 0 Å². The molecule has 1 unspecified atom stereocenters. The van der Waals surface area contributed by atoms with Crippen LogP contribution in [-0.2, 0) is 14.8 Å². The molecule has 1 N–H and O–H groups in total. The molecule has 0 aliphatic carbocycles. The number of aromatic nitrogens is 2. The van der Waals surface area contributed by atoms with Crippen LogP contribution in [0.3, 0.4) is 0 Å². The maximum absolute atomic E-state index is 12.8. The van der Waals surface area contributed by atoms with E-state index in [0.29, 0.717) is 30.1 Å². The molecule has 0 amide bonds. The summed E-state index contributed by atoms with van der Waals surface area (Å²) >= 11 is 0. The average molecular weight is 368 g/mol. The highest BCUT2D eigenvalue weighted by Gasteiger charge is 2.27. The molecule has 1 atom stereocenters. The molecule has 1 aromatic heterocycles. The minimum absolute atomic E-state index is 0.156. The molecule has 0 bridgehead atoms. The Kier molecular flexibility index (Phi) is 5.38. The fraction of sp³-hybridized carbons (Fsp3) is 0.625. The smallest absolute Gasteiger partial charge is 0.243 e. The lowest BCUT2D eigenvalue weighted by molar-refractivity contribution is 0.159. The Labute approximate surface area is 147 Å². The lowest BCUT2D eigenvalue weighted by Crippen LogP contribution is -2.32. The number of nitrogens with one attached hydrogen (secondary N) is 1. The van der Waals surface area contributed by atoms with Gasteiger partial charge in [0.15, 0.2) is 5.52 Å². The van der Waals surface area contributed by atoms with Crippen LogP contribution in [-0.4, -0.2) is 63.5 Å². The predicted molar refractivity (Wildman–Crippen MR) is 92.9 cm³/mol. The second kappa shape index (κ2) is 7.36. The number of fused-ring (bicyclic) bond motifs is 1. The third-order valence-corrected chi connectivity index (χ3v) is 6.28. The van der Waals surface area contributed by atoms with Gasteiger partial charge in [0.1, 0.15) is 10.4 Å². The van der Waals surface area contributed by atoms with E-state index in [0.717, 1.165) is 31.6 Å². The Hall–Kier alpha value is -1.55. The lowest BCUT2D eigenvalue weighted by atomic mass is 10.1. The van der Waals surface area contributed by atoms with Gasteiger partial charge in [-0.1, -0.05) is 6.07 Å². The number of nitrogens with zero attached hydrogens (tertiary/aromatic N) is 3. The molecule has 1 aromatic carbocycles. The fourth-order valence-electron chi connectivity index (χ4n) is 3.38. The van der Waals surface area contributed by atoms with Crippen molar-refractivity contribution in [3.8, 4) is 0 Å². The second-order valence-corrected chi connectivity index (χ2v) is 8.30. The summed E-state index contributed by atoms with van der Waals surface area (Å²) in [4.78, 5) is 2.45. The van der Waals surface area contributed by atoms with Crippen molar-refractivity contribution in [1.29, 1.82) is 0 Å². The van der Waals surface area contributed by atoms with Crippen LogP contribution < -0.4 is 4.72 Å². The summed E-state index contributed by atoms with van der Waals surface area (Å²) in [7, 11) is -2.00. The van der Waals surface area contributed by atoms with E-state index in [4.69, 9.17) is 9.37 Å². The van der Waals surface area contributed by atoms with Gasteiger partial charge < -0.3 is 9.64 Å². The largest absolute Gasteiger partial charge is 0.383 e. The molecule has 1 aliphatic heterocycles. The molecule has 25 heavy (non-hydrogen) atoms. The van der Waals surface area contributed by atoms with Crippen molar-refractivity contribution in [3.05, 3.63) is 17.2 Å². The monoisotopic (exact) mass is 368 g/mol. The van der Waals surface area contributed by atoms with Crippen molar-refractivity contribution in [2.45, 2.75) is 25.2 Å². The van der Waals surface area contributed by atoms with E-state index in [1.165, 1.54) is 0 Å². The molecule has 2 heterocycles. The van der Waals surface area contributed by atoms with Crippen molar-refractivity contribution in [1.82, 2.24) is 19.9 Å². The quantitative estimate of drug-likeness (QED) is 0.781. The van der Waals surface area contributed by atoms with Crippen LogP contribution in [0.25, 0.3) is 11.0 Å². The van der Waals surface area contributed by atoms with Crippen LogP contribution in [0, 0.1) is 19.8 Å². The maximum Gasteiger partial charge on any atom is 0.243 e. The average Bonchev–Trinajstić information content (AvgIpc) is 3.20. The Bertz CT molecular complexity index is 849. The van der Waals surface area contributed by atoms with E-state index in [1.807, 2.05) is 6.92 Å². The Morgan fingerprint density at radius 1 is 1.32 bits per heavy atom. The number of hydrogen-bond acceptors (Lipinski definition) is 7. The minimum Gasteiger partial charge on any atom is -0.383 e. The van der Waals surface area contributed by atoms with Gasteiger partial charge in [-0.05, 0) is 54.2 Å². The molecule has 2 aromatic rings. The van der Waals surface area contributed by atoms with Gasteiger partial charge in [0.2, 0.25) is 10.0 Å². The first kappa shape index (κ1) is 18.2. The minimum atomic E-state index is -3.68. The van der Waals surface area contributed by atoms with Gasteiger partial charge in [-0.2, -0.15) is 0 Å². The van der Waals surface area contributed by atoms with Gasteiger partial charge >= 0.3 is 0 Å². The second-order valence-electron chi connectivity index (χ2n) is 6.60. The molecule has 8 nitrogen and oxygen atoms in total. The van der Waals surface area contributed by atoms with E-state index < -0.39 is 10.0 Å². The van der Waals surface area contributed by atoms with Crippen molar-refractivity contribution < 1.29 is 17.8 Å². The number of rotatable bonds is 7. The summed E-state index contributed by atoms with van der Waals surface area (Å²) in [6.45, 7) is 7.44. The third kappa shape index (κ3) is 3.84. The number of ether oxygens (including phenoxy) is 1. The zero-order chi connectivity index (χ0) is 18.0. The van der Waals surface area contributed by atoms with Crippen LogP contribution >= 0.6 is 0 Å². The molecule has 138 valence electrons. The summed E-state index contributed by atoms with van der Waals surface area (Å²) < 4.78 is 38.3. The van der Waals surface area contributed by atoms with Crippen LogP contribution in [0.1, 0.15) is 17.5 Å². The van der Waals surface area contributed by atoms with Gasteiger partial charge in [-0.3, -0.25) is 0 Å². The van der Waals surface area contributed by atoms with Crippen molar-refractivity contribution >= 4 is 21.1 Å². The zero-order valence-corrected chi connectivity index (χ0v) is 15.6. The summed E-state index contributed by atoms with van der Waals surface area (Å²) in [5.74, 6) is 0.295. The van der Waals surface area contributed by atoms with Gasteiger partial charge in [0.05, 0.1) is 6.61 Å². The maximum atomic E-state index is 12.8. The molecule has 1 saturated heterocycles. The molecular formula is C16H24N4O4S. The van der Waals surface area contributed by atoms with Gasteiger partial charge in [-0.15, -0.1) is 0 Å². The Morgan fingerprint density at radius 2 is 2.08 bits per heavy atom. The summed E-state index contributed by atoms with van der Waals surface area (Å²) in [6, 6.07) is 1.79. The van der Waals surface area contributed by atoms with E-state index in [2.05, 4.69) is 19.9 Å². The van der Waals surface area contributed by atoms with Gasteiger partial charge in [0.25, 0.3) is 0 Å². The van der Waals surface area contributed by atoms with E-state index in [-0.39, 0.29) is 10.4 Å². The highest BCUT2D eigenvalue weighted by molar-refractivity contribution is 7.89. The molecule has 0 radical (unpaired) electrons. The fourth-order valence-corrected chi connectivity index (χ4v) is 4.85. The Morgan fingerprint density at radius 3 is 2.84 bits per heavy atom. The molecule has 1 fully saturated rings. The van der Waals surface area contributed by atoms with Crippen LogP contribution in [0.4, 0.5) is 0 Å². The van der Waals surface area contributed by atoms with Crippen molar-refractivity contribution in [2.75, 3.05) is 39.9 Å². The standard InChI is InChI=1S/C16H24N4O4S/c1-11-8-12(2)16(15-14(11)18-24-19-15)25(21,22)17-9-13-4-5-20(10-13)6-7-23-3/h8,13,17H,4-7,9-10H2,1-3H3. The molecule has 3 rings (SSSR count). The van der Waals surface area contributed by atoms with E-state index in [1.54, 1.807) is 20.1 Å². The lowest BCUT2D eigenvalue weighted by Gasteiger charge is -2.16. The summed E-state index contributed by atoms with van der Waals surface area (Å²) in [5.41, 5.74) is 2.26. The number of sulfonamides is 1. The molecule has 0 saturated carbocycles. The summed E-state index contributed by atoms with van der Waals surface area (Å²) in [6.07, 6.45) is 0.972. The predicted octanol–water partition coefficient (Wildman–Crippen LogP) is 1.09. The first-order valence-electron chi connectivity index (χ1n) is 8.36. The van der Waals surface area contributed by atoms with Crippen molar-refractivity contribution in [3.63, 3.8) is 0 Å². The molecular weight excluding hydrogens is 344 g/mol. The first-order chi connectivity index (χ1) is 11.9. The molecule has 9 heteroatoms.